The van der Waals surface area contributed by atoms with Gasteiger partial charge in [0.2, 0.25) is 0 Å². The summed E-state index contributed by atoms with van der Waals surface area (Å²) >= 11 is 1.45. The molecule has 0 atom stereocenters. The van der Waals surface area contributed by atoms with Crippen molar-refractivity contribution >= 4 is 52.8 Å². The third-order valence-corrected chi connectivity index (χ3v) is 7.53. The molecule has 0 aliphatic carbocycles. The van der Waals surface area contributed by atoms with Crippen molar-refractivity contribution in [3.05, 3.63) is 141 Å². The molecule has 4 aromatic carbocycles. The van der Waals surface area contributed by atoms with Crippen LogP contribution in [0, 0.1) is 10.1 Å². The number of nitrogens with one attached hydrogen (secondary N) is 2. The second-order valence-electron chi connectivity index (χ2n) is 9.33. The summed E-state index contributed by atoms with van der Waals surface area (Å²) in [4.78, 5) is 64.3. The number of imide groups is 1. The Hall–Kier alpha value is -5.55. The second kappa shape index (κ2) is 13.0. The van der Waals surface area contributed by atoms with Crippen LogP contribution < -0.4 is 10.6 Å². The highest BCUT2D eigenvalue weighted by molar-refractivity contribution is 7.99. The number of anilines is 1. The van der Waals surface area contributed by atoms with Gasteiger partial charge in [0.1, 0.15) is 5.70 Å². The van der Waals surface area contributed by atoms with Crippen LogP contribution in [0.4, 0.5) is 11.4 Å². The minimum absolute atomic E-state index is 0.149. The largest absolute Gasteiger partial charge is 0.321 e. The van der Waals surface area contributed by atoms with E-state index in [9.17, 15) is 29.3 Å². The van der Waals surface area contributed by atoms with Gasteiger partial charge in [-0.25, -0.2) is 0 Å². The van der Waals surface area contributed by atoms with E-state index in [1.807, 2.05) is 0 Å². The van der Waals surface area contributed by atoms with Gasteiger partial charge in [0.25, 0.3) is 29.3 Å². The maximum absolute atomic E-state index is 13.3. The normalized spacial score (nSPS) is 12.6. The van der Waals surface area contributed by atoms with Gasteiger partial charge in [0, 0.05) is 34.5 Å². The van der Waals surface area contributed by atoms with Crippen LogP contribution in [-0.4, -0.2) is 45.7 Å². The molecule has 0 unspecified atom stereocenters. The lowest BCUT2D eigenvalue weighted by molar-refractivity contribution is -0.385. The van der Waals surface area contributed by atoms with Crippen molar-refractivity contribution in [2.45, 2.75) is 4.90 Å². The summed E-state index contributed by atoms with van der Waals surface area (Å²) in [6.45, 7) is 0.246. The molecule has 0 spiro atoms. The minimum Gasteiger partial charge on any atom is -0.321 e. The molecule has 4 amide bonds. The number of rotatable bonds is 10. The molecular weight excluding hydrogens is 568 g/mol. The number of benzene rings is 4. The van der Waals surface area contributed by atoms with Gasteiger partial charge >= 0.3 is 0 Å². The van der Waals surface area contributed by atoms with Crippen LogP contribution in [0.25, 0.3) is 6.08 Å². The van der Waals surface area contributed by atoms with Gasteiger partial charge in [-0.05, 0) is 60.7 Å². The zero-order valence-corrected chi connectivity index (χ0v) is 23.4. The molecule has 1 aliphatic heterocycles. The molecular formula is C32H24N4O6S. The molecule has 0 saturated carbocycles. The SMILES string of the molecule is O=C(Nc1ccc(SCCN2C(=O)c3ccccc3C2=O)cc1)/C(=C\c1ccccc1[N+](=O)[O-])NC(=O)c1ccccc1. The molecule has 5 rings (SSSR count). The second-order valence-corrected chi connectivity index (χ2v) is 10.5. The molecule has 214 valence electrons. The number of nitro benzene ring substituents is 1. The number of thioether (sulfide) groups is 1. The van der Waals surface area contributed by atoms with Crippen LogP contribution in [0.5, 0.6) is 0 Å². The standard InChI is InChI=1S/C32H24N4O6S/c37-29(21-8-2-1-3-9-21)34-27(20-22-10-4-7-13-28(22)36(41)42)30(38)33-23-14-16-24(17-15-23)43-19-18-35-31(39)25-11-5-6-12-26(25)32(35)40/h1-17,20H,18-19H2,(H,33,38)(H,34,37)/b27-20+. The van der Waals surface area contributed by atoms with E-state index < -0.39 is 16.7 Å². The number of fused-ring (bicyclic) bond motifs is 1. The summed E-state index contributed by atoms with van der Waals surface area (Å²) in [7, 11) is 0. The smallest absolute Gasteiger partial charge is 0.276 e. The van der Waals surface area contributed by atoms with Crippen LogP contribution in [0.1, 0.15) is 36.6 Å². The van der Waals surface area contributed by atoms with Gasteiger partial charge in [0.15, 0.2) is 0 Å². The molecule has 1 aliphatic rings. The highest BCUT2D eigenvalue weighted by Gasteiger charge is 2.34. The Morgan fingerprint density at radius 3 is 2.07 bits per heavy atom. The number of nitrogens with zero attached hydrogens (tertiary/aromatic N) is 2. The lowest BCUT2D eigenvalue weighted by Crippen LogP contribution is -2.31. The quantitative estimate of drug-likeness (QED) is 0.0827. The molecule has 2 N–H and O–H groups in total. The van der Waals surface area contributed by atoms with E-state index in [0.717, 1.165) is 4.90 Å². The number of hydrogen-bond acceptors (Lipinski definition) is 7. The van der Waals surface area contributed by atoms with Gasteiger partial charge < -0.3 is 10.6 Å². The van der Waals surface area contributed by atoms with Gasteiger partial charge in [0.05, 0.1) is 21.6 Å². The van der Waals surface area contributed by atoms with Crippen LogP contribution in [0.15, 0.2) is 114 Å². The maximum atomic E-state index is 13.3. The summed E-state index contributed by atoms with van der Waals surface area (Å²) in [6.07, 6.45) is 1.26. The Bertz CT molecular complexity index is 1720. The lowest BCUT2D eigenvalue weighted by Gasteiger charge is -2.14. The molecule has 11 heteroatoms. The molecule has 0 fully saturated rings. The number of amides is 4. The molecule has 1 heterocycles. The van der Waals surface area contributed by atoms with Gasteiger partial charge in [-0.3, -0.25) is 34.2 Å². The number of para-hydroxylation sites is 1. The first-order valence-corrected chi connectivity index (χ1v) is 14.1. The maximum Gasteiger partial charge on any atom is 0.276 e. The molecule has 4 aromatic rings. The summed E-state index contributed by atoms with van der Waals surface area (Å²) in [5.74, 6) is -1.35. The Balaban J connectivity index is 1.26. The van der Waals surface area contributed by atoms with Gasteiger partial charge in [-0.15, -0.1) is 11.8 Å². The topological polar surface area (TPSA) is 139 Å². The molecule has 10 nitrogen and oxygen atoms in total. The van der Waals surface area contributed by atoms with E-state index in [2.05, 4.69) is 10.6 Å². The Morgan fingerprint density at radius 1 is 0.814 bits per heavy atom. The van der Waals surface area contributed by atoms with E-state index in [-0.39, 0.29) is 35.3 Å². The Labute approximate surface area is 250 Å². The first-order valence-electron chi connectivity index (χ1n) is 13.1. The summed E-state index contributed by atoms with van der Waals surface area (Å²) in [5.41, 5.74) is 1.31. The summed E-state index contributed by atoms with van der Waals surface area (Å²) in [6, 6.07) is 27.8. The van der Waals surface area contributed by atoms with E-state index in [1.54, 1.807) is 84.9 Å². The van der Waals surface area contributed by atoms with E-state index in [4.69, 9.17) is 0 Å². The van der Waals surface area contributed by atoms with Gasteiger partial charge in [-0.2, -0.15) is 0 Å². The zero-order valence-electron chi connectivity index (χ0n) is 22.6. The zero-order chi connectivity index (χ0) is 30.3. The first kappa shape index (κ1) is 29.0. The predicted octanol–water partition coefficient (Wildman–Crippen LogP) is 5.39. The van der Waals surface area contributed by atoms with Crippen molar-refractivity contribution in [1.29, 1.82) is 0 Å². The molecule has 0 bridgehead atoms. The summed E-state index contributed by atoms with van der Waals surface area (Å²) < 4.78 is 0. The third-order valence-electron chi connectivity index (χ3n) is 6.54. The molecule has 0 radical (unpaired) electrons. The Morgan fingerprint density at radius 2 is 1.42 bits per heavy atom. The van der Waals surface area contributed by atoms with Crippen molar-refractivity contribution in [3.8, 4) is 0 Å². The van der Waals surface area contributed by atoms with Crippen molar-refractivity contribution in [3.63, 3.8) is 0 Å². The van der Waals surface area contributed by atoms with E-state index in [0.29, 0.717) is 28.1 Å². The summed E-state index contributed by atoms with van der Waals surface area (Å²) in [5, 5.41) is 16.8. The van der Waals surface area contributed by atoms with Crippen molar-refractivity contribution in [2.24, 2.45) is 0 Å². The fraction of sp³-hybridized carbons (Fsp3) is 0.0625. The van der Waals surface area contributed by atoms with Crippen LogP contribution in [-0.2, 0) is 4.79 Å². The van der Waals surface area contributed by atoms with Crippen LogP contribution in [0.2, 0.25) is 0 Å². The lowest BCUT2D eigenvalue weighted by atomic mass is 10.1. The predicted molar refractivity (Wildman–Crippen MR) is 163 cm³/mol. The number of hydrogen-bond donors (Lipinski definition) is 2. The first-order chi connectivity index (χ1) is 20.8. The fourth-order valence-electron chi connectivity index (χ4n) is 4.40. The monoisotopic (exact) mass is 592 g/mol. The fourth-order valence-corrected chi connectivity index (χ4v) is 5.24. The van der Waals surface area contributed by atoms with Crippen LogP contribution in [0.3, 0.4) is 0 Å². The molecule has 0 saturated heterocycles. The minimum atomic E-state index is -0.673. The van der Waals surface area contributed by atoms with E-state index in [1.165, 1.54) is 40.9 Å². The van der Waals surface area contributed by atoms with Crippen molar-refractivity contribution < 1.29 is 24.1 Å². The Kier molecular flexibility index (Phi) is 8.73. The molecule has 43 heavy (non-hydrogen) atoms. The average Bonchev–Trinajstić information content (AvgIpc) is 3.27. The highest BCUT2D eigenvalue weighted by Crippen LogP contribution is 2.26. The van der Waals surface area contributed by atoms with E-state index >= 15 is 0 Å². The van der Waals surface area contributed by atoms with Crippen LogP contribution >= 0.6 is 11.8 Å². The van der Waals surface area contributed by atoms with Gasteiger partial charge in [-0.1, -0.05) is 42.5 Å². The van der Waals surface area contributed by atoms with Crippen molar-refractivity contribution in [2.75, 3.05) is 17.6 Å². The number of carbonyl (C=O) groups is 4. The third kappa shape index (κ3) is 6.68. The van der Waals surface area contributed by atoms with Crippen molar-refractivity contribution in [1.82, 2.24) is 10.2 Å². The molecule has 0 aromatic heterocycles. The highest BCUT2D eigenvalue weighted by atomic mass is 32.2. The number of nitro groups is 1. The average molecular weight is 593 g/mol. The number of carbonyl (C=O) groups excluding carboxylic acids is 4.